The van der Waals surface area contributed by atoms with Crippen molar-refractivity contribution in [3.05, 3.63) is 64.3 Å². The van der Waals surface area contributed by atoms with Crippen molar-refractivity contribution in [3.8, 4) is 5.75 Å². The van der Waals surface area contributed by atoms with Crippen molar-refractivity contribution in [1.82, 2.24) is 5.43 Å². The van der Waals surface area contributed by atoms with Gasteiger partial charge in [-0.15, -0.1) is 0 Å². The number of hydrogen-bond donors (Lipinski definition) is 2. The maximum absolute atomic E-state index is 12.1. The van der Waals surface area contributed by atoms with Crippen LogP contribution in [-0.2, 0) is 4.79 Å². The van der Waals surface area contributed by atoms with Gasteiger partial charge >= 0.3 is 11.9 Å². The average Bonchev–Trinajstić information content (AvgIpc) is 3.06. The van der Waals surface area contributed by atoms with Crippen molar-refractivity contribution in [2.45, 2.75) is 13.0 Å². The van der Waals surface area contributed by atoms with Gasteiger partial charge in [0.1, 0.15) is 11.3 Å². The van der Waals surface area contributed by atoms with Crippen LogP contribution in [0.1, 0.15) is 23.0 Å². The second-order valence-corrected chi connectivity index (χ2v) is 6.57. The van der Waals surface area contributed by atoms with Crippen LogP contribution in [0.2, 0.25) is 0 Å². The summed E-state index contributed by atoms with van der Waals surface area (Å²) in [6, 6.07) is 13.7. The molecular formula is C19H15BrN2O5. The number of carboxylic acids is 1. The summed E-state index contributed by atoms with van der Waals surface area (Å²) in [5, 5.41) is 13.5. The van der Waals surface area contributed by atoms with Gasteiger partial charge in [0.2, 0.25) is 0 Å². The minimum absolute atomic E-state index is 0.159. The molecule has 2 aromatic carbocycles. The number of halogens is 1. The molecule has 1 amide bonds. The van der Waals surface area contributed by atoms with Crippen LogP contribution < -0.4 is 10.2 Å². The molecule has 0 spiro atoms. The molecule has 0 fully saturated rings. The lowest BCUT2D eigenvalue weighted by atomic mass is 10.2. The van der Waals surface area contributed by atoms with Crippen molar-refractivity contribution in [3.63, 3.8) is 0 Å². The zero-order chi connectivity index (χ0) is 19.4. The van der Waals surface area contributed by atoms with Gasteiger partial charge in [0.15, 0.2) is 11.9 Å². The van der Waals surface area contributed by atoms with E-state index in [1.54, 1.807) is 36.4 Å². The highest BCUT2D eigenvalue weighted by atomic mass is 79.9. The molecular weight excluding hydrogens is 416 g/mol. The lowest BCUT2D eigenvalue weighted by Crippen LogP contribution is -2.22. The molecule has 0 aliphatic carbocycles. The monoisotopic (exact) mass is 430 g/mol. The quantitative estimate of drug-likeness (QED) is 0.457. The number of carbonyl (C=O) groups excluding carboxylic acids is 1. The lowest BCUT2D eigenvalue weighted by Gasteiger charge is -2.09. The summed E-state index contributed by atoms with van der Waals surface area (Å²) in [6.07, 6.45) is 0.523. The van der Waals surface area contributed by atoms with Crippen molar-refractivity contribution < 1.29 is 23.8 Å². The Hall–Kier alpha value is -3.13. The van der Waals surface area contributed by atoms with Crippen molar-refractivity contribution >= 4 is 45.0 Å². The van der Waals surface area contributed by atoms with E-state index in [0.717, 1.165) is 9.86 Å². The molecule has 2 N–H and O–H groups in total. The van der Waals surface area contributed by atoms with Gasteiger partial charge in [0.25, 0.3) is 0 Å². The smallest absolute Gasteiger partial charge is 0.344 e. The van der Waals surface area contributed by atoms with Gasteiger partial charge in [-0.25, -0.2) is 10.2 Å². The second-order valence-electron chi connectivity index (χ2n) is 5.66. The molecule has 3 aromatic rings. The third-order valence-electron chi connectivity index (χ3n) is 3.62. The number of benzene rings is 2. The Bertz CT molecular complexity index is 1010. The lowest BCUT2D eigenvalue weighted by molar-refractivity contribution is -0.144. The first-order valence-corrected chi connectivity index (χ1v) is 8.74. The standard InChI is InChI=1S/C19H15BrN2O5/c1-11(19(24)25)26-15-5-2-12(3-6-15)10-21-22-18(23)17-9-13-8-14(20)4-7-16(13)27-17/h2-11H,1H3,(H,22,23)(H,24,25)/b21-10-/t11-/m1/s1. The van der Waals surface area contributed by atoms with Crippen LogP contribution in [-0.4, -0.2) is 29.3 Å². The van der Waals surface area contributed by atoms with Gasteiger partial charge in [0.05, 0.1) is 6.21 Å². The molecule has 138 valence electrons. The fourth-order valence-corrected chi connectivity index (χ4v) is 2.61. The average molecular weight is 431 g/mol. The van der Waals surface area contributed by atoms with Crippen LogP contribution in [0, 0.1) is 0 Å². The Morgan fingerprint density at radius 2 is 1.96 bits per heavy atom. The van der Waals surface area contributed by atoms with E-state index >= 15 is 0 Å². The highest BCUT2D eigenvalue weighted by molar-refractivity contribution is 9.10. The minimum atomic E-state index is -1.04. The van der Waals surface area contributed by atoms with Crippen molar-refractivity contribution in [2.24, 2.45) is 5.10 Å². The number of furan rings is 1. The predicted octanol–water partition coefficient (Wildman–Crippen LogP) is 3.81. The van der Waals surface area contributed by atoms with E-state index in [1.165, 1.54) is 13.1 Å². The number of rotatable bonds is 6. The fraction of sp³-hybridized carbons (Fsp3) is 0.105. The Balaban J connectivity index is 1.60. The van der Waals surface area contributed by atoms with E-state index in [9.17, 15) is 9.59 Å². The summed E-state index contributed by atoms with van der Waals surface area (Å²) in [5.74, 6) is -0.915. The van der Waals surface area contributed by atoms with Crippen LogP contribution in [0.15, 0.2) is 62.5 Å². The highest BCUT2D eigenvalue weighted by Gasteiger charge is 2.12. The van der Waals surface area contributed by atoms with E-state index < -0.39 is 18.0 Å². The summed E-state index contributed by atoms with van der Waals surface area (Å²) < 4.78 is 11.6. The summed E-state index contributed by atoms with van der Waals surface area (Å²) in [5.41, 5.74) is 3.72. The van der Waals surface area contributed by atoms with Gasteiger partial charge in [-0.05, 0) is 61.0 Å². The normalized spacial score (nSPS) is 12.2. The molecule has 0 unspecified atom stereocenters. The summed E-state index contributed by atoms with van der Waals surface area (Å²) in [7, 11) is 0. The third-order valence-corrected chi connectivity index (χ3v) is 4.12. The highest BCUT2D eigenvalue weighted by Crippen LogP contribution is 2.23. The van der Waals surface area contributed by atoms with E-state index in [0.29, 0.717) is 16.9 Å². The Kier molecular flexibility index (Phi) is 5.56. The number of aliphatic carboxylic acids is 1. The number of hydrogen-bond acceptors (Lipinski definition) is 5. The first-order chi connectivity index (χ1) is 12.9. The summed E-state index contributed by atoms with van der Waals surface area (Å²) >= 11 is 3.37. The summed E-state index contributed by atoms with van der Waals surface area (Å²) in [4.78, 5) is 22.9. The van der Waals surface area contributed by atoms with Gasteiger partial charge in [-0.2, -0.15) is 5.10 Å². The second kappa shape index (κ2) is 8.05. The Morgan fingerprint density at radius 1 is 1.22 bits per heavy atom. The zero-order valence-electron chi connectivity index (χ0n) is 14.2. The van der Waals surface area contributed by atoms with Crippen LogP contribution in [0.4, 0.5) is 0 Å². The SMILES string of the molecule is C[C@@H](Oc1ccc(/C=N\NC(=O)c2cc3cc(Br)ccc3o2)cc1)C(=O)O. The predicted molar refractivity (Wildman–Crippen MR) is 103 cm³/mol. The van der Waals surface area contributed by atoms with Gasteiger partial charge < -0.3 is 14.3 Å². The molecule has 3 rings (SSSR count). The molecule has 1 heterocycles. The number of fused-ring (bicyclic) bond motifs is 1. The van der Waals surface area contributed by atoms with Crippen LogP contribution >= 0.6 is 15.9 Å². The van der Waals surface area contributed by atoms with Crippen LogP contribution in [0.3, 0.4) is 0 Å². The van der Waals surface area contributed by atoms with Crippen LogP contribution in [0.25, 0.3) is 11.0 Å². The Labute approximate surface area is 162 Å². The Morgan fingerprint density at radius 3 is 2.67 bits per heavy atom. The number of hydrazone groups is 1. The number of ether oxygens (including phenoxy) is 1. The number of nitrogens with one attached hydrogen (secondary N) is 1. The molecule has 0 radical (unpaired) electrons. The molecule has 0 bridgehead atoms. The molecule has 0 saturated carbocycles. The largest absolute Gasteiger partial charge is 0.479 e. The van der Waals surface area contributed by atoms with E-state index in [2.05, 4.69) is 26.5 Å². The van der Waals surface area contributed by atoms with E-state index in [1.807, 2.05) is 12.1 Å². The molecule has 7 nitrogen and oxygen atoms in total. The first-order valence-electron chi connectivity index (χ1n) is 7.94. The first kappa shape index (κ1) is 18.7. The molecule has 0 aliphatic heterocycles. The zero-order valence-corrected chi connectivity index (χ0v) is 15.8. The summed E-state index contributed by atoms with van der Waals surface area (Å²) in [6.45, 7) is 1.45. The molecule has 0 aliphatic rings. The maximum atomic E-state index is 12.1. The number of carboxylic acid groups (broad SMARTS) is 1. The molecule has 0 saturated heterocycles. The van der Waals surface area contributed by atoms with E-state index in [4.69, 9.17) is 14.3 Å². The number of amides is 1. The minimum Gasteiger partial charge on any atom is -0.479 e. The van der Waals surface area contributed by atoms with Gasteiger partial charge in [0, 0.05) is 9.86 Å². The van der Waals surface area contributed by atoms with Gasteiger partial charge in [-0.3, -0.25) is 4.79 Å². The van der Waals surface area contributed by atoms with Crippen LogP contribution in [0.5, 0.6) is 5.75 Å². The molecule has 8 heteroatoms. The number of nitrogens with zero attached hydrogens (tertiary/aromatic N) is 1. The molecule has 27 heavy (non-hydrogen) atoms. The van der Waals surface area contributed by atoms with Crippen molar-refractivity contribution in [1.29, 1.82) is 0 Å². The fourth-order valence-electron chi connectivity index (χ4n) is 2.23. The van der Waals surface area contributed by atoms with Crippen molar-refractivity contribution in [2.75, 3.05) is 0 Å². The van der Waals surface area contributed by atoms with E-state index in [-0.39, 0.29) is 5.76 Å². The molecule has 1 aromatic heterocycles. The number of carbonyl (C=O) groups is 2. The molecule has 1 atom stereocenters. The maximum Gasteiger partial charge on any atom is 0.344 e. The topological polar surface area (TPSA) is 101 Å². The van der Waals surface area contributed by atoms with Gasteiger partial charge in [-0.1, -0.05) is 15.9 Å². The third kappa shape index (κ3) is 4.73.